The van der Waals surface area contributed by atoms with Gasteiger partial charge in [0.25, 0.3) is 5.56 Å². The number of hydrogen-bond acceptors (Lipinski definition) is 2. The van der Waals surface area contributed by atoms with E-state index in [1.165, 1.54) is 5.56 Å². The van der Waals surface area contributed by atoms with Crippen LogP contribution >= 0.6 is 0 Å². The van der Waals surface area contributed by atoms with E-state index in [1.807, 2.05) is 36.4 Å². The predicted octanol–water partition coefficient (Wildman–Crippen LogP) is 4.23. The first-order valence-corrected chi connectivity index (χ1v) is 8.99. The summed E-state index contributed by atoms with van der Waals surface area (Å²) in [5.74, 6) is 0. The van der Waals surface area contributed by atoms with Gasteiger partial charge in [-0.05, 0) is 17.5 Å². The molecule has 0 aliphatic rings. The number of aryl methyl sites for hydroxylation is 1. The minimum Gasteiger partial charge on any atom is -0.293 e. The standard InChI is InChI=1S/C22H21N3O/c1-2-9-18-15-20(26)25-22(23-18)21(17-12-7-4-8-13-17)19(24-25)14-16-10-5-3-6-11-16/h3-8,10-13,15,24H,2,9,14H2,1H3. The molecule has 4 rings (SSSR count). The smallest absolute Gasteiger partial charge is 0.272 e. The van der Waals surface area contributed by atoms with Crippen LogP contribution in [0.25, 0.3) is 16.8 Å². The highest BCUT2D eigenvalue weighted by Crippen LogP contribution is 2.28. The van der Waals surface area contributed by atoms with Gasteiger partial charge in [0.1, 0.15) is 0 Å². The Kier molecular flexibility index (Phi) is 4.40. The lowest BCUT2D eigenvalue weighted by Gasteiger charge is -2.05. The molecule has 0 radical (unpaired) electrons. The van der Waals surface area contributed by atoms with Gasteiger partial charge in [-0.2, -0.15) is 0 Å². The molecule has 130 valence electrons. The summed E-state index contributed by atoms with van der Waals surface area (Å²) >= 11 is 0. The summed E-state index contributed by atoms with van der Waals surface area (Å²) in [6.45, 7) is 2.10. The lowest BCUT2D eigenvalue weighted by atomic mass is 10.0. The lowest BCUT2D eigenvalue weighted by Crippen LogP contribution is -2.15. The van der Waals surface area contributed by atoms with Crippen molar-refractivity contribution in [1.82, 2.24) is 14.6 Å². The third-order valence-electron chi connectivity index (χ3n) is 4.54. The summed E-state index contributed by atoms with van der Waals surface area (Å²) in [4.78, 5) is 17.4. The van der Waals surface area contributed by atoms with E-state index in [0.29, 0.717) is 5.65 Å². The Morgan fingerprint density at radius 1 is 1.00 bits per heavy atom. The molecule has 4 heteroatoms. The third-order valence-corrected chi connectivity index (χ3v) is 4.54. The number of aromatic nitrogens is 3. The van der Waals surface area contributed by atoms with E-state index in [9.17, 15) is 4.79 Å². The normalized spacial score (nSPS) is 11.1. The Morgan fingerprint density at radius 2 is 1.69 bits per heavy atom. The molecule has 0 amide bonds. The van der Waals surface area contributed by atoms with Gasteiger partial charge < -0.3 is 0 Å². The van der Waals surface area contributed by atoms with Gasteiger partial charge in [0.2, 0.25) is 0 Å². The van der Waals surface area contributed by atoms with Gasteiger partial charge in [-0.3, -0.25) is 9.89 Å². The Hall–Kier alpha value is -3.14. The molecule has 4 aromatic rings. The number of fused-ring (bicyclic) bond motifs is 1. The summed E-state index contributed by atoms with van der Waals surface area (Å²) in [6.07, 6.45) is 2.49. The van der Waals surface area contributed by atoms with Gasteiger partial charge >= 0.3 is 0 Å². The topological polar surface area (TPSA) is 50.2 Å². The van der Waals surface area contributed by atoms with Crippen LogP contribution in [-0.4, -0.2) is 14.6 Å². The van der Waals surface area contributed by atoms with Crippen LogP contribution in [0.5, 0.6) is 0 Å². The van der Waals surface area contributed by atoms with E-state index in [0.717, 1.165) is 41.8 Å². The molecule has 4 nitrogen and oxygen atoms in total. The molecule has 0 saturated heterocycles. The SMILES string of the molecule is CCCc1cc(=O)n2[nH]c(Cc3ccccc3)c(-c3ccccc3)c2n1. The highest BCUT2D eigenvalue weighted by atomic mass is 16.1. The van der Waals surface area contributed by atoms with Crippen LogP contribution in [0.2, 0.25) is 0 Å². The quantitative estimate of drug-likeness (QED) is 0.589. The summed E-state index contributed by atoms with van der Waals surface area (Å²) < 4.78 is 1.57. The van der Waals surface area contributed by atoms with Crippen LogP contribution < -0.4 is 5.56 Å². The van der Waals surface area contributed by atoms with Crippen molar-refractivity contribution in [3.05, 3.63) is 94.0 Å². The molecule has 2 heterocycles. The molecule has 2 aromatic carbocycles. The van der Waals surface area contributed by atoms with Gasteiger partial charge in [-0.15, -0.1) is 0 Å². The molecular weight excluding hydrogens is 322 g/mol. The number of H-pyrrole nitrogens is 1. The van der Waals surface area contributed by atoms with Crippen LogP contribution in [0.15, 0.2) is 71.5 Å². The van der Waals surface area contributed by atoms with E-state index in [4.69, 9.17) is 4.98 Å². The van der Waals surface area contributed by atoms with Gasteiger partial charge in [0.05, 0.1) is 0 Å². The van der Waals surface area contributed by atoms with E-state index in [2.05, 4.69) is 36.3 Å². The Labute approximate surface area is 152 Å². The first kappa shape index (κ1) is 16.3. The average molecular weight is 343 g/mol. The van der Waals surface area contributed by atoms with Crippen molar-refractivity contribution in [2.75, 3.05) is 0 Å². The van der Waals surface area contributed by atoms with E-state index < -0.39 is 0 Å². The minimum absolute atomic E-state index is 0.0602. The van der Waals surface area contributed by atoms with Gasteiger partial charge in [0, 0.05) is 29.4 Å². The summed E-state index contributed by atoms with van der Waals surface area (Å²) in [5, 5.41) is 3.29. The largest absolute Gasteiger partial charge is 0.293 e. The number of nitrogens with zero attached hydrogens (tertiary/aromatic N) is 2. The van der Waals surface area contributed by atoms with Crippen molar-refractivity contribution in [2.45, 2.75) is 26.2 Å². The highest BCUT2D eigenvalue weighted by molar-refractivity contribution is 5.80. The van der Waals surface area contributed by atoms with Crippen molar-refractivity contribution >= 4 is 5.65 Å². The van der Waals surface area contributed by atoms with Crippen molar-refractivity contribution < 1.29 is 0 Å². The molecule has 0 saturated carbocycles. The van der Waals surface area contributed by atoms with Crippen molar-refractivity contribution in [3.8, 4) is 11.1 Å². The van der Waals surface area contributed by atoms with Crippen LogP contribution in [0.3, 0.4) is 0 Å². The van der Waals surface area contributed by atoms with Gasteiger partial charge in [-0.25, -0.2) is 9.50 Å². The van der Waals surface area contributed by atoms with Crippen LogP contribution in [0, 0.1) is 0 Å². The molecule has 0 aliphatic heterocycles. The Balaban J connectivity index is 1.95. The monoisotopic (exact) mass is 343 g/mol. The highest BCUT2D eigenvalue weighted by Gasteiger charge is 2.17. The van der Waals surface area contributed by atoms with Crippen molar-refractivity contribution in [1.29, 1.82) is 0 Å². The van der Waals surface area contributed by atoms with Gasteiger partial charge in [-0.1, -0.05) is 74.0 Å². The lowest BCUT2D eigenvalue weighted by molar-refractivity contribution is 0.827. The fraction of sp³-hybridized carbons (Fsp3) is 0.182. The van der Waals surface area contributed by atoms with Crippen molar-refractivity contribution in [3.63, 3.8) is 0 Å². The first-order valence-electron chi connectivity index (χ1n) is 8.99. The Morgan fingerprint density at radius 3 is 2.38 bits per heavy atom. The molecule has 0 spiro atoms. The number of hydrogen-bond donors (Lipinski definition) is 1. The maximum Gasteiger partial charge on any atom is 0.272 e. The van der Waals surface area contributed by atoms with Crippen LogP contribution in [0.1, 0.15) is 30.3 Å². The zero-order chi connectivity index (χ0) is 17.9. The molecule has 0 fully saturated rings. The molecule has 2 aromatic heterocycles. The van der Waals surface area contributed by atoms with Crippen molar-refractivity contribution in [2.24, 2.45) is 0 Å². The number of aromatic amines is 1. The molecule has 0 bridgehead atoms. The summed E-state index contributed by atoms with van der Waals surface area (Å²) in [5.41, 5.74) is 5.76. The zero-order valence-electron chi connectivity index (χ0n) is 14.8. The maximum absolute atomic E-state index is 12.6. The predicted molar refractivity (Wildman–Crippen MR) is 104 cm³/mol. The second-order valence-corrected chi connectivity index (χ2v) is 6.49. The molecule has 1 N–H and O–H groups in total. The second kappa shape index (κ2) is 7.00. The fourth-order valence-electron chi connectivity index (χ4n) is 3.35. The number of rotatable bonds is 5. The van der Waals surface area contributed by atoms with E-state index in [1.54, 1.807) is 10.6 Å². The summed E-state index contributed by atoms with van der Waals surface area (Å²) in [6, 6.07) is 22.1. The van der Waals surface area contributed by atoms with Crippen LogP contribution in [-0.2, 0) is 12.8 Å². The van der Waals surface area contributed by atoms with Gasteiger partial charge in [0.15, 0.2) is 5.65 Å². The molecule has 0 unspecified atom stereocenters. The molecule has 0 aliphatic carbocycles. The zero-order valence-corrected chi connectivity index (χ0v) is 14.8. The number of nitrogens with one attached hydrogen (secondary N) is 1. The number of benzene rings is 2. The average Bonchev–Trinajstić information content (AvgIpc) is 3.02. The first-order chi connectivity index (χ1) is 12.8. The summed E-state index contributed by atoms with van der Waals surface area (Å²) in [7, 11) is 0. The molecular formula is C22H21N3O. The fourth-order valence-corrected chi connectivity index (χ4v) is 3.35. The second-order valence-electron chi connectivity index (χ2n) is 6.49. The molecule has 0 atom stereocenters. The molecule has 26 heavy (non-hydrogen) atoms. The van der Waals surface area contributed by atoms with E-state index >= 15 is 0 Å². The Bertz CT molecular complexity index is 1080. The maximum atomic E-state index is 12.6. The minimum atomic E-state index is -0.0602. The third kappa shape index (κ3) is 3.06. The van der Waals surface area contributed by atoms with E-state index in [-0.39, 0.29) is 5.56 Å². The van der Waals surface area contributed by atoms with Crippen LogP contribution in [0.4, 0.5) is 0 Å².